The van der Waals surface area contributed by atoms with Gasteiger partial charge in [0.25, 0.3) is 0 Å². The van der Waals surface area contributed by atoms with Gasteiger partial charge in [0, 0.05) is 13.6 Å². The van der Waals surface area contributed by atoms with Gasteiger partial charge >= 0.3 is 6.18 Å². The van der Waals surface area contributed by atoms with Crippen LogP contribution < -0.4 is 0 Å². The van der Waals surface area contributed by atoms with Crippen LogP contribution in [-0.4, -0.2) is 33.2 Å². The van der Waals surface area contributed by atoms with E-state index in [4.69, 9.17) is 0 Å². The van der Waals surface area contributed by atoms with Crippen LogP contribution in [0.4, 0.5) is 13.2 Å². The molecule has 23 heavy (non-hydrogen) atoms. The second kappa shape index (κ2) is 5.95. The molecule has 7 nitrogen and oxygen atoms in total. The van der Waals surface area contributed by atoms with Gasteiger partial charge in [0.05, 0.1) is 28.6 Å². The molecule has 0 aliphatic rings. The molecule has 0 aromatic carbocycles. The highest BCUT2D eigenvalue weighted by atomic mass is 32.2. The highest BCUT2D eigenvalue weighted by Gasteiger charge is 2.35. The third-order valence-corrected chi connectivity index (χ3v) is 4.77. The highest BCUT2D eigenvalue weighted by molar-refractivity contribution is 7.89. The molecule has 0 aliphatic heterocycles. The molecule has 2 heterocycles. The quantitative estimate of drug-likeness (QED) is 0.815. The van der Waals surface area contributed by atoms with Gasteiger partial charge in [-0.1, -0.05) is 5.21 Å². The predicted octanol–water partition coefficient (Wildman–Crippen LogP) is 1.47. The average Bonchev–Trinajstić information content (AvgIpc) is 2.94. The van der Waals surface area contributed by atoms with E-state index in [1.165, 1.54) is 11.7 Å². The standard InChI is InChI=1S/C12H16F3N5O2S/c1-4-20-10(8(2)16-18-20)7-23(21,22)6-9-5-11(12(13,14)15)17-19(9)3/h5H,4,6-7H2,1-3H3. The lowest BCUT2D eigenvalue weighted by molar-refractivity contribution is -0.141. The lowest BCUT2D eigenvalue weighted by Gasteiger charge is -2.07. The summed E-state index contributed by atoms with van der Waals surface area (Å²) in [4.78, 5) is 0. The van der Waals surface area contributed by atoms with E-state index in [1.807, 2.05) is 0 Å². The number of sulfone groups is 1. The molecule has 0 aliphatic carbocycles. The number of hydrogen-bond donors (Lipinski definition) is 0. The van der Waals surface area contributed by atoms with Crippen molar-refractivity contribution in [1.29, 1.82) is 0 Å². The molecule has 2 rings (SSSR count). The average molecular weight is 351 g/mol. The third-order valence-electron chi connectivity index (χ3n) is 3.32. The molecule has 0 N–H and O–H groups in total. The second-order valence-corrected chi connectivity index (χ2v) is 7.18. The van der Waals surface area contributed by atoms with Crippen LogP contribution in [-0.2, 0) is 41.1 Å². The van der Waals surface area contributed by atoms with Crippen LogP contribution in [0.3, 0.4) is 0 Å². The number of rotatable bonds is 5. The lowest BCUT2D eigenvalue weighted by Crippen LogP contribution is -2.14. The zero-order chi connectivity index (χ0) is 17.4. The SMILES string of the molecule is CCn1nnc(C)c1CS(=O)(=O)Cc1cc(C(F)(F)F)nn1C. The van der Waals surface area contributed by atoms with Gasteiger partial charge in [-0.2, -0.15) is 18.3 Å². The fraction of sp³-hybridized carbons (Fsp3) is 0.583. The van der Waals surface area contributed by atoms with Crippen LogP contribution in [0.25, 0.3) is 0 Å². The number of aryl methyl sites for hydroxylation is 3. The van der Waals surface area contributed by atoms with Crippen molar-refractivity contribution in [3.8, 4) is 0 Å². The van der Waals surface area contributed by atoms with E-state index in [9.17, 15) is 21.6 Å². The minimum atomic E-state index is -4.61. The first kappa shape index (κ1) is 17.4. The Hall–Kier alpha value is -1.91. The van der Waals surface area contributed by atoms with Crippen molar-refractivity contribution in [1.82, 2.24) is 24.8 Å². The minimum Gasteiger partial charge on any atom is -0.271 e. The van der Waals surface area contributed by atoms with E-state index in [2.05, 4.69) is 15.4 Å². The molecule has 0 saturated heterocycles. The van der Waals surface area contributed by atoms with Crippen LogP contribution in [0.1, 0.15) is 29.7 Å². The predicted molar refractivity (Wildman–Crippen MR) is 75.0 cm³/mol. The van der Waals surface area contributed by atoms with Gasteiger partial charge in [-0.15, -0.1) is 5.10 Å². The van der Waals surface area contributed by atoms with Crippen molar-refractivity contribution in [2.24, 2.45) is 7.05 Å². The lowest BCUT2D eigenvalue weighted by atomic mass is 10.4. The first-order chi connectivity index (χ1) is 10.5. The Kier molecular flexibility index (Phi) is 4.51. The van der Waals surface area contributed by atoms with E-state index in [0.717, 1.165) is 10.7 Å². The fourth-order valence-corrected chi connectivity index (χ4v) is 3.71. The monoisotopic (exact) mass is 351 g/mol. The second-order valence-electron chi connectivity index (χ2n) is 5.11. The molecule has 2 aromatic rings. The van der Waals surface area contributed by atoms with Crippen LogP contribution in [0.2, 0.25) is 0 Å². The molecule has 11 heteroatoms. The molecule has 0 spiro atoms. The molecule has 128 valence electrons. The summed E-state index contributed by atoms with van der Waals surface area (Å²) in [6.45, 7) is 3.88. The number of alkyl halides is 3. The topological polar surface area (TPSA) is 82.7 Å². The maximum atomic E-state index is 12.6. The molecule has 0 fully saturated rings. The van der Waals surface area contributed by atoms with Gasteiger partial charge in [0.2, 0.25) is 0 Å². The Morgan fingerprint density at radius 1 is 1.26 bits per heavy atom. The van der Waals surface area contributed by atoms with E-state index in [0.29, 0.717) is 17.9 Å². The zero-order valence-electron chi connectivity index (χ0n) is 12.8. The van der Waals surface area contributed by atoms with Crippen molar-refractivity contribution in [3.05, 3.63) is 28.8 Å². The van der Waals surface area contributed by atoms with Gasteiger partial charge in [0.1, 0.15) is 0 Å². The van der Waals surface area contributed by atoms with Crippen LogP contribution in [0.5, 0.6) is 0 Å². The van der Waals surface area contributed by atoms with Gasteiger partial charge in [-0.25, -0.2) is 13.1 Å². The summed E-state index contributed by atoms with van der Waals surface area (Å²) in [7, 11) is -2.42. The number of hydrogen-bond acceptors (Lipinski definition) is 5. The van der Waals surface area contributed by atoms with Crippen molar-refractivity contribution < 1.29 is 21.6 Å². The summed E-state index contributed by atoms with van der Waals surface area (Å²) < 4.78 is 64.9. The molecule has 0 unspecified atom stereocenters. The highest BCUT2D eigenvalue weighted by Crippen LogP contribution is 2.29. The van der Waals surface area contributed by atoms with Crippen molar-refractivity contribution >= 4 is 9.84 Å². The number of nitrogens with zero attached hydrogens (tertiary/aromatic N) is 5. The molecule has 2 aromatic heterocycles. The molecule has 0 amide bonds. The molecule has 0 atom stereocenters. The van der Waals surface area contributed by atoms with Gasteiger partial charge in [-0.05, 0) is 19.9 Å². The van der Waals surface area contributed by atoms with E-state index >= 15 is 0 Å². The van der Waals surface area contributed by atoms with Crippen molar-refractivity contribution in [2.75, 3.05) is 0 Å². The van der Waals surface area contributed by atoms with Gasteiger partial charge in [0.15, 0.2) is 15.5 Å². The first-order valence-electron chi connectivity index (χ1n) is 6.73. The summed E-state index contributed by atoms with van der Waals surface area (Å²) in [6, 6.07) is 0.750. The Labute approximate surface area is 131 Å². The number of aromatic nitrogens is 5. The third kappa shape index (κ3) is 3.89. The minimum absolute atomic E-state index is 0.0227. The molecule has 0 saturated carbocycles. The van der Waals surface area contributed by atoms with Crippen molar-refractivity contribution in [2.45, 2.75) is 38.1 Å². The fourth-order valence-electron chi connectivity index (χ4n) is 2.12. The molecular weight excluding hydrogens is 335 g/mol. The molecule has 0 bridgehead atoms. The van der Waals surface area contributed by atoms with Crippen molar-refractivity contribution in [3.63, 3.8) is 0 Å². The summed E-state index contributed by atoms with van der Waals surface area (Å²) in [5.74, 6) is -0.882. The Balaban J connectivity index is 2.25. The van der Waals surface area contributed by atoms with E-state index in [1.54, 1.807) is 13.8 Å². The van der Waals surface area contributed by atoms with Gasteiger partial charge < -0.3 is 0 Å². The Bertz CT molecular complexity index is 807. The first-order valence-corrected chi connectivity index (χ1v) is 8.55. The van der Waals surface area contributed by atoms with E-state index in [-0.39, 0.29) is 11.4 Å². The summed E-state index contributed by atoms with van der Waals surface area (Å²) in [5.41, 5.74) is -0.214. The van der Waals surface area contributed by atoms with Gasteiger partial charge in [-0.3, -0.25) is 4.68 Å². The van der Waals surface area contributed by atoms with Crippen LogP contribution >= 0.6 is 0 Å². The Morgan fingerprint density at radius 2 is 1.91 bits per heavy atom. The number of halogens is 3. The normalized spacial score (nSPS) is 12.8. The van der Waals surface area contributed by atoms with E-state index < -0.39 is 27.5 Å². The van der Waals surface area contributed by atoms with Crippen LogP contribution in [0.15, 0.2) is 6.07 Å². The molecular formula is C12H16F3N5O2S. The zero-order valence-corrected chi connectivity index (χ0v) is 13.6. The smallest absolute Gasteiger partial charge is 0.271 e. The largest absolute Gasteiger partial charge is 0.435 e. The van der Waals surface area contributed by atoms with Crippen LogP contribution in [0, 0.1) is 6.92 Å². The maximum absolute atomic E-state index is 12.6. The summed E-state index contributed by atoms with van der Waals surface area (Å²) >= 11 is 0. The molecule has 0 radical (unpaired) electrons. The summed E-state index contributed by atoms with van der Waals surface area (Å²) in [5, 5.41) is 10.9. The Morgan fingerprint density at radius 3 is 2.43 bits per heavy atom. The maximum Gasteiger partial charge on any atom is 0.435 e. The summed E-state index contributed by atoms with van der Waals surface area (Å²) in [6.07, 6.45) is -4.61.